The summed E-state index contributed by atoms with van der Waals surface area (Å²) in [4.78, 5) is 17.0. The van der Waals surface area contributed by atoms with Gasteiger partial charge in [-0.15, -0.1) is 0 Å². The first-order chi connectivity index (χ1) is 19.4. The number of carbonyl (C=O) groups excluding carboxylic acids is 1. The van der Waals surface area contributed by atoms with E-state index in [4.69, 9.17) is 21.1 Å². The molecule has 0 aliphatic heterocycles. The van der Waals surface area contributed by atoms with Gasteiger partial charge in [0.2, 0.25) is 5.96 Å². The molecule has 0 atom stereocenters. The van der Waals surface area contributed by atoms with E-state index in [1.165, 1.54) is 38.5 Å². The van der Waals surface area contributed by atoms with Crippen molar-refractivity contribution in [3.63, 3.8) is 0 Å². The summed E-state index contributed by atoms with van der Waals surface area (Å²) >= 11 is 5.90. The number of halogens is 7. The minimum Gasteiger partial charge on any atom is -0.497 e. The molecule has 15 heteroatoms. The van der Waals surface area contributed by atoms with E-state index in [1.807, 2.05) is 0 Å². The molecule has 0 aliphatic rings. The van der Waals surface area contributed by atoms with Gasteiger partial charge in [-0.25, -0.2) is 17.9 Å². The van der Waals surface area contributed by atoms with Crippen molar-refractivity contribution >= 4 is 35.0 Å². The van der Waals surface area contributed by atoms with Gasteiger partial charge in [0.15, 0.2) is 23.1 Å². The molecule has 0 unspecified atom stereocenters. The van der Waals surface area contributed by atoms with Crippen molar-refractivity contribution < 1.29 is 40.6 Å². The average Bonchev–Trinajstić information content (AvgIpc) is 3.33. The van der Waals surface area contributed by atoms with E-state index in [9.17, 15) is 31.1 Å². The van der Waals surface area contributed by atoms with E-state index >= 15 is 0 Å². The second kappa shape index (κ2) is 11.8. The van der Waals surface area contributed by atoms with E-state index in [-0.39, 0.29) is 33.5 Å². The number of ether oxygens (including phenoxy) is 2. The molecule has 1 aromatic heterocycles. The Balaban J connectivity index is 1.86. The number of benzene rings is 3. The number of rotatable bonds is 6. The Labute approximate surface area is 233 Å². The van der Waals surface area contributed by atoms with Crippen LogP contribution in [0.5, 0.6) is 11.5 Å². The first kappa shape index (κ1) is 29.3. The molecule has 0 fully saturated rings. The monoisotopic (exact) mass is 597 g/mol. The maximum absolute atomic E-state index is 14.0. The first-order valence-electron chi connectivity index (χ1n) is 11.3. The molecule has 0 bridgehead atoms. The SMILES string of the molecule is COc1cc(OC)cc(-n2nc(C(F)(F)F)cc2N=C(NC(=O)c2ccc(F)c(F)c2)Nc2cc(F)cc(Cl)c2)c1. The van der Waals surface area contributed by atoms with Crippen LogP contribution in [0.3, 0.4) is 0 Å². The molecule has 0 spiro atoms. The van der Waals surface area contributed by atoms with Gasteiger partial charge in [-0.1, -0.05) is 11.6 Å². The third kappa shape index (κ3) is 7.08. The molecule has 0 aliphatic carbocycles. The summed E-state index contributed by atoms with van der Waals surface area (Å²) in [6.45, 7) is 0. The molecule has 1 amide bonds. The number of nitrogens with one attached hydrogen (secondary N) is 2. The van der Waals surface area contributed by atoms with Crippen LogP contribution in [0.4, 0.5) is 37.8 Å². The molecule has 4 rings (SSSR count). The third-order valence-electron chi connectivity index (χ3n) is 5.33. The standard InChI is InChI=1S/C26H18ClF6N5O3/c1-40-18-9-17(10-19(11-18)41-2)38-23(12-22(37-38)26(31,32)33)35-25(34-16-7-14(27)6-15(28)8-16)36-24(39)13-3-4-20(29)21(30)5-13/h3-12H,1-2H3,(H2,34,35,36,39). The van der Waals surface area contributed by atoms with E-state index in [0.717, 1.165) is 22.9 Å². The fourth-order valence-corrected chi connectivity index (χ4v) is 3.70. The number of anilines is 1. The molecule has 1 heterocycles. The molecular weight excluding hydrogens is 580 g/mol. The van der Waals surface area contributed by atoms with Crippen LogP contribution >= 0.6 is 11.6 Å². The lowest BCUT2D eigenvalue weighted by atomic mass is 10.2. The van der Waals surface area contributed by atoms with Crippen molar-refractivity contribution in [3.05, 3.63) is 94.4 Å². The number of methoxy groups -OCH3 is 2. The minimum atomic E-state index is -4.89. The lowest BCUT2D eigenvalue weighted by molar-refractivity contribution is -0.141. The largest absolute Gasteiger partial charge is 0.497 e. The highest BCUT2D eigenvalue weighted by molar-refractivity contribution is 6.31. The molecule has 0 saturated heterocycles. The molecule has 0 radical (unpaired) electrons. The lowest BCUT2D eigenvalue weighted by Gasteiger charge is -2.14. The van der Waals surface area contributed by atoms with Crippen LogP contribution in [0, 0.1) is 17.5 Å². The maximum atomic E-state index is 14.0. The molecule has 41 heavy (non-hydrogen) atoms. The van der Waals surface area contributed by atoms with Crippen molar-refractivity contribution in [1.82, 2.24) is 15.1 Å². The molecule has 3 aromatic carbocycles. The smallest absolute Gasteiger partial charge is 0.435 e. The first-order valence-corrected chi connectivity index (χ1v) is 11.7. The Morgan fingerprint density at radius 2 is 1.61 bits per heavy atom. The number of amides is 1. The Morgan fingerprint density at radius 1 is 0.927 bits per heavy atom. The number of carbonyl (C=O) groups is 1. The number of aromatic nitrogens is 2. The Kier molecular flexibility index (Phi) is 8.42. The third-order valence-corrected chi connectivity index (χ3v) is 5.55. The van der Waals surface area contributed by atoms with Gasteiger partial charge in [0, 0.05) is 40.5 Å². The molecule has 214 valence electrons. The Morgan fingerprint density at radius 3 is 2.20 bits per heavy atom. The van der Waals surface area contributed by atoms with Crippen LogP contribution in [0.15, 0.2) is 65.7 Å². The van der Waals surface area contributed by atoms with Crippen LogP contribution in [0.1, 0.15) is 16.1 Å². The summed E-state index contributed by atoms with van der Waals surface area (Å²) in [6, 6.07) is 10.3. The van der Waals surface area contributed by atoms with Gasteiger partial charge in [0.05, 0.1) is 19.9 Å². The summed E-state index contributed by atoms with van der Waals surface area (Å²) in [5.41, 5.74) is -1.70. The molecular formula is C26H18ClF6N5O3. The number of aliphatic imine (C=N–C) groups is 1. The summed E-state index contributed by atoms with van der Waals surface area (Å²) in [6.07, 6.45) is -4.89. The van der Waals surface area contributed by atoms with Crippen LogP contribution in [0.25, 0.3) is 5.69 Å². The second-order valence-electron chi connectivity index (χ2n) is 8.19. The van der Waals surface area contributed by atoms with Crippen molar-refractivity contribution in [3.8, 4) is 17.2 Å². The summed E-state index contributed by atoms with van der Waals surface area (Å²) in [7, 11) is 2.67. The number of guanidine groups is 1. The highest BCUT2D eigenvalue weighted by Gasteiger charge is 2.35. The van der Waals surface area contributed by atoms with E-state index in [2.05, 4.69) is 20.7 Å². The second-order valence-corrected chi connectivity index (χ2v) is 8.63. The van der Waals surface area contributed by atoms with Crippen LogP contribution in [0.2, 0.25) is 5.02 Å². The summed E-state index contributed by atoms with van der Waals surface area (Å²) < 4.78 is 93.3. The van der Waals surface area contributed by atoms with Crippen molar-refractivity contribution in [2.45, 2.75) is 6.18 Å². The number of hydrogen-bond acceptors (Lipinski definition) is 5. The topological polar surface area (TPSA) is 89.8 Å². The van der Waals surface area contributed by atoms with Crippen molar-refractivity contribution in [2.75, 3.05) is 19.5 Å². The molecule has 4 aromatic rings. The molecule has 2 N–H and O–H groups in total. The fraction of sp³-hybridized carbons (Fsp3) is 0.115. The molecule has 8 nitrogen and oxygen atoms in total. The average molecular weight is 598 g/mol. The van der Waals surface area contributed by atoms with Gasteiger partial charge in [-0.2, -0.15) is 23.3 Å². The zero-order valence-corrected chi connectivity index (χ0v) is 21.7. The normalized spacial score (nSPS) is 11.8. The number of nitrogens with zero attached hydrogens (tertiary/aromatic N) is 3. The van der Waals surface area contributed by atoms with Crippen molar-refractivity contribution in [1.29, 1.82) is 0 Å². The van der Waals surface area contributed by atoms with Gasteiger partial charge in [-0.3, -0.25) is 10.1 Å². The molecule has 0 saturated carbocycles. The van der Waals surface area contributed by atoms with E-state index in [1.54, 1.807) is 0 Å². The van der Waals surface area contributed by atoms with E-state index in [0.29, 0.717) is 18.2 Å². The zero-order valence-electron chi connectivity index (χ0n) is 21.0. The Bertz CT molecular complexity index is 1600. The maximum Gasteiger partial charge on any atom is 0.435 e. The van der Waals surface area contributed by atoms with Crippen LogP contribution < -0.4 is 20.1 Å². The lowest BCUT2D eigenvalue weighted by Crippen LogP contribution is -2.36. The highest BCUT2D eigenvalue weighted by atomic mass is 35.5. The quantitative estimate of drug-likeness (QED) is 0.150. The summed E-state index contributed by atoms with van der Waals surface area (Å²) in [5.74, 6) is -4.88. The predicted octanol–water partition coefficient (Wildman–Crippen LogP) is 6.51. The van der Waals surface area contributed by atoms with Gasteiger partial charge < -0.3 is 14.8 Å². The van der Waals surface area contributed by atoms with Crippen LogP contribution in [-0.4, -0.2) is 35.9 Å². The van der Waals surface area contributed by atoms with Gasteiger partial charge in [0.1, 0.15) is 17.3 Å². The number of hydrogen-bond donors (Lipinski definition) is 2. The minimum absolute atomic E-state index is 0.0375. The van der Waals surface area contributed by atoms with Crippen molar-refractivity contribution in [2.24, 2.45) is 4.99 Å². The summed E-state index contributed by atoms with van der Waals surface area (Å²) in [5, 5.41) is 8.38. The highest BCUT2D eigenvalue weighted by Crippen LogP contribution is 2.34. The van der Waals surface area contributed by atoms with Crippen LogP contribution in [-0.2, 0) is 6.18 Å². The van der Waals surface area contributed by atoms with Gasteiger partial charge in [-0.05, 0) is 36.4 Å². The predicted molar refractivity (Wildman–Crippen MR) is 138 cm³/mol. The zero-order chi connectivity index (χ0) is 29.9. The number of alkyl halides is 3. The van der Waals surface area contributed by atoms with Gasteiger partial charge >= 0.3 is 6.18 Å². The van der Waals surface area contributed by atoms with Gasteiger partial charge in [0.25, 0.3) is 5.91 Å². The Hall–Kier alpha value is -4.72. The van der Waals surface area contributed by atoms with E-state index < -0.39 is 47.0 Å². The fourth-order valence-electron chi connectivity index (χ4n) is 3.48.